The predicted octanol–water partition coefficient (Wildman–Crippen LogP) is -8.43. The van der Waals surface area contributed by atoms with E-state index in [1.807, 2.05) is 0 Å². The molecule has 0 saturated carbocycles. The SMILES string of the molecule is [N-]=[N+]=NC[C@H]1O[C@H](O[C@H]2[C@H](O)[C@@H](O)[C@@H](O[C@H]3[C@H](O)[C@@H](O)C(O)O[C@@H]3CO)O[C@@H]2CO)[C@H](O)[C@@H](O)[C@@H]1O[C@H]1O[C@H](CO)[C@@H](O)[C@H](O)[C@H]1O. The Kier molecular flexibility index (Phi) is 13.4. The molecular formula is C24H41N3O20. The molecule has 0 aromatic carbocycles. The van der Waals surface area contributed by atoms with Crippen LogP contribution in [-0.4, -0.2) is 216 Å². The number of aliphatic hydroxyl groups excluding tert-OH is 13. The molecule has 0 aromatic heterocycles. The fraction of sp³-hybridized carbons (Fsp3) is 1.00. The Morgan fingerprint density at radius 1 is 0.468 bits per heavy atom. The Morgan fingerprint density at radius 2 is 0.851 bits per heavy atom. The van der Waals surface area contributed by atoms with Crippen molar-refractivity contribution < 1.29 is 99.5 Å². The van der Waals surface area contributed by atoms with Gasteiger partial charge in [0.2, 0.25) is 0 Å². The lowest BCUT2D eigenvalue weighted by molar-refractivity contribution is -0.385. The summed E-state index contributed by atoms with van der Waals surface area (Å²) in [4.78, 5) is 2.59. The summed E-state index contributed by atoms with van der Waals surface area (Å²) in [6.45, 7) is -3.12. The molecule has 4 fully saturated rings. The molecule has 23 nitrogen and oxygen atoms in total. The van der Waals surface area contributed by atoms with E-state index in [1.165, 1.54) is 0 Å². The van der Waals surface area contributed by atoms with Crippen molar-refractivity contribution in [3.8, 4) is 0 Å². The molecule has 4 heterocycles. The third-order valence-electron chi connectivity index (χ3n) is 8.35. The van der Waals surface area contributed by atoms with Gasteiger partial charge in [0.25, 0.3) is 0 Å². The number of rotatable bonds is 11. The summed E-state index contributed by atoms with van der Waals surface area (Å²) in [6.07, 6.45) is -35.6. The van der Waals surface area contributed by atoms with Gasteiger partial charge in [-0.1, -0.05) is 5.11 Å². The van der Waals surface area contributed by atoms with Crippen molar-refractivity contribution in [1.82, 2.24) is 0 Å². The molecule has 0 radical (unpaired) electrons. The van der Waals surface area contributed by atoms with Crippen LogP contribution in [0, 0.1) is 0 Å². The first-order valence-electron chi connectivity index (χ1n) is 14.5. The Balaban J connectivity index is 1.47. The average molecular weight is 692 g/mol. The van der Waals surface area contributed by atoms with Crippen molar-refractivity contribution in [2.45, 2.75) is 123 Å². The summed E-state index contributed by atoms with van der Waals surface area (Å²) in [5.74, 6) is 0. The van der Waals surface area contributed by atoms with Crippen LogP contribution in [-0.2, 0) is 33.2 Å². The van der Waals surface area contributed by atoms with Crippen molar-refractivity contribution in [3.63, 3.8) is 0 Å². The van der Waals surface area contributed by atoms with Gasteiger partial charge in [-0.05, 0) is 5.53 Å². The van der Waals surface area contributed by atoms with Crippen LogP contribution in [0.3, 0.4) is 0 Å². The van der Waals surface area contributed by atoms with Crippen molar-refractivity contribution in [1.29, 1.82) is 0 Å². The monoisotopic (exact) mass is 691 g/mol. The number of ether oxygens (including phenoxy) is 7. The molecule has 0 aromatic rings. The van der Waals surface area contributed by atoms with Crippen LogP contribution in [0.25, 0.3) is 10.4 Å². The van der Waals surface area contributed by atoms with Gasteiger partial charge in [0, 0.05) is 4.91 Å². The van der Waals surface area contributed by atoms with E-state index in [1.54, 1.807) is 0 Å². The normalized spacial score (nSPS) is 50.9. The minimum absolute atomic E-state index is 0.591. The lowest BCUT2D eigenvalue weighted by Crippen LogP contribution is -2.67. The zero-order valence-corrected chi connectivity index (χ0v) is 24.4. The second-order valence-electron chi connectivity index (χ2n) is 11.4. The van der Waals surface area contributed by atoms with E-state index >= 15 is 0 Å². The van der Waals surface area contributed by atoms with Crippen molar-refractivity contribution >= 4 is 0 Å². The molecule has 13 N–H and O–H groups in total. The Hall–Kier alpha value is -1.49. The maximum absolute atomic E-state index is 11.0. The Bertz CT molecular complexity index is 1040. The predicted molar refractivity (Wildman–Crippen MR) is 141 cm³/mol. The third kappa shape index (κ3) is 7.96. The molecule has 47 heavy (non-hydrogen) atoms. The van der Waals surface area contributed by atoms with Crippen LogP contribution in [0.5, 0.6) is 0 Å². The van der Waals surface area contributed by atoms with E-state index in [0.717, 1.165) is 0 Å². The molecule has 272 valence electrons. The molecule has 0 spiro atoms. The highest BCUT2D eigenvalue weighted by Crippen LogP contribution is 2.34. The standard InChI is InChI=1S/C24H41N3O20/c25-27-26-1-5-18(45-22-15(37)10(32)9(31)6(2-28)43-22)12(34)16(38)23(42-5)47-20-8(4-30)44-24(17(39)13(20)35)46-19-7(3-29)41-21(40)14(36)11(19)33/h5-24,28-40H,1-4H2/t5-,6-,7-,8-,9-,10+,11-,12-,13-,14-,15-,16-,17-,18-,19-,20-,21?,22-,23-,24-/m1/s1. The molecule has 4 rings (SSSR count). The summed E-state index contributed by atoms with van der Waals surface area (Å²) in [7, 11) is 0. The minimum atomic E-state index is -2.04. The zero-order chi connectivity index (χ0) is 34.7. The molecule has 23 heteroatoms. The third-order valence-corrected chi connectivity index (χ3v) is 8.35. The molecule has 1 unspecified atom stereocenters. The molecule has 4 aliphatic rings. The van der Waals surface area contributed by atoms with Gasteiger partial charge >= 0.3 is 0 Å². The number of hydrogen-bond acceptors (Lipinski definition) is 21. The zero-order valence-electron chi connectivity index (χ0n) is 24.4. The van der Waals surface area contributed by atoms with Gasteiger partial charge in [-0.25, -0.2) is 0 Å². The maximum atomic E-state index is 11.0. The van der Waals surface area contributed by atoms with Gasteiger partial charge in [0.15, 0.2) is 25.2 Å². The van der Waals surface area contributed by atoms with Crippen molar-refractivity contribution in [2.75, 3.05) is 26.4 Å². The number of nitrogens with zero attached hydrogens (tertiary/aromatic N) is 3. The largest absolute Gasteiger partial charge is 0.394 e. The highest BCUT2D eigenvalue weighted by molar-refractivity contribution is 4.98. The number of azide groups is 1. The first kappa shape index (κ1) is 38.3. The van der Waals surface area contributed by atoms with E-state index in [4.69, 9.17) is 38.7 Å². The topological polar surface area (TPSA) is 376 Å². The molecule has 0 aliphatic carbocycles. The van der Waals surface area contributed by atoms with Gasteiger partial charge in [-0.2, -0.15) is 0 Å². The summed E-state index contributed by atoms with van der Waals surface area (Å²) < 4.78 is 38.1. The first-order valence-corrected chi connectivity index (χ1v) is 14.5. The van der Waals surface area contributed by atoms with E-state index in [2.05, 4.69) is 10.0 Å². The van der Waals surface area contributed by atoms with Crippen LogP contribution in [0.4, 0.5) is 0 Å². The quantitative estimate of drug-likeness (QED) is 0.0543. The second-order valence-corrected chi connectivity index (χ2v) is 11.4. The van der Waals surface area contributed by atoms with Crippen molar-refractivity contribution in [2.24, 2.45) is 5.11 Å². The van der Waals surface area contributed by atoms with Crippen LogP contribution >= 0.6 is 0 Å². The number of hydrogen-bond donors (Lipinski definition) is 13. The average Bonchev–Trinajstić information content (AvgIpc) is 3.06. The van der Waals surface area contributed by atoms with Crippen LogP contribution < -0.4 is 0 Å². The van der Waals surface area contributed by atoms with Gasteiger partial charge in [-0.3, -0.25) is 0 Å². The first-order chi connectivity index (χ1) is 22.3. The van der Waals surface area contributed by atoms with Gasteiger partial charge in [-0.15, -0.1) is 0 Å². The minimum Gasteiger partial charge on any atom is -0.394 e. The lowest BCUT2D eigenvalue weighted by Gasteiger charge is -2.49. The lowest BCUT2D eigenvalue weighted by atomic mass is 9.95. The highest BCUT2D eigenvalue weighted by atomic mass is 16.8. The molecular weight excluding hydrogens is 650 g/mol. The molecule has 0 bridgehead atoms. The van der Waals surface area contributed by atoms with E-state index in [0.29, 0.717) is 0 Å². The van der Waals surface area contributed by atoms with Crippen LogP contribution in [0.1, 0.15) is 0 Å². The summed E-state index contributed by atoms with van der Waals surface area (Å²) in [5.41, 5.74) is 8.86. The van der Waals surface area contributed by atoms with Crippen molar-refractivity contribution in [3.05, 3.63) is 10.4 Å². The van der Waals surface area contributed by atoms with E-state index < -0.39 is 149 Å². The summed E-state index contributed by atoms with van der Waals surface area (Å²) in [6, 6.07) is 0. The number of aliphatic hydroxyl groups is 13. The van der Waals surface area contributed by atoms with Gasteiger partial charge in [0.1, 0.15) is 91.6 Å². The second kappa shape index (κ2) is 16.5. The van der Waals surface area contributed by atoms with Crippen LogP contribution in [0.2, 0.25) is 0 Å². The molecule has 4 aliphatic heterocycles. The highest BCUT2D eigenvalue weighted by Gasteiger charge is 2.55. The smallest absolute Gasteiger partial charge is 0.187 e. The van der Waals surface area contributed by atoms with E-state index in [9.17, 15) is 66.4 Å². The summed E-state index contributed by atoms with van der Waals surface area (Å²) in [5, 5.41) is 136. The summed E-state index contributed by atoms with van der Waals surface area (Å²) >= 11 is 0. The van der Waals surface area contributed by atoms with Gasteiger partial charge < -0.3 is 99.5 Å². The maximum Gasteiger partial charge on any atom is 0.187 e. The van der Waals surface area contributed by atoms with E-state index in [-0.39, 0.29) is 0 Å². The molecule has 4 saturated heterocycles. The Morgan fingerprint density at radius 3 is 1.32 bits per heavy atom. The Labute approximate surface area is 264 Å². The molecule has 0 amide bonds. The fourth-order valence-electron chi connectivity index (χ4n) is 5.66. The van der Waals surface area contributed by atoms with Gasteiger partial charge in [0.05, 0.1) is 32.5 Å². The molecule has 20 atom stereocenters. The van der Waals surface area contributed by atoms with Crippen LogP contribution in [0.15, 0.2) is 5.11 Å². The fourth-order valence-corrected chi connectivity index (χ4v) is 5.66.